The maximum absolute atomic E-state index is 10.8. The first kappa shape index (κ1) is 12.1. The topological polar surface area (TPSA) is 37.3 Å². The zero-order valence-electron chi connectivity index (χ0n) is 9.12. The summed E-state index contributed by atoms with van der Waals surface area (Å²) in [5, 5.41) is 7.90. The molecule has 15 heavy (non-hydrogen) atoms. The number of halogens is 1. The Labute approximate surface area is 94.9 Å². The first-order valence-corrected chi connectivity index (χ1v) is 5.34. The zero-order chi connectivity index (χ0) is 11.6. The minimum absolute atomic E-state index is 0.377. The number of carboxylic acid groups (broad SMARTS) is 1. The molecule has 0 fully saturated rings. The van der Waals surface area contributed by atoms with E-state index in [-0.39, 0.29) is 0 Å². The van der Waals surface area contributed by atoms with Crippen LogP contribution in [0.4, 0.5) is 0 Å². The second kappa shape index (κ2) is 4.67. The van der Waals surface area contributed by atoms with Gasteiger partial charge in [-0.3, -0.25) is 4.79 Å². The van der Waals surface area contributed by atoms with E-state index in [9.17, 15) is 4.79 Å². The molecule has 3 heteroatoms. The van der Waals surface area contributed by atoms with Gasteiger partial charge in [-0.2, -0.15) is 0 Å². The summed E-state index contributed by atoms with van der Waals surface area (Å²) in [5.74, 6) is -0.623. The Bertz CT molecular complexity index is 372. The van der Waals surface area contributed by atoms with Gasteiger partial charge in [0.15, 0.2) is 5.38 Å². The molecule has 1 aromatic rings. The van der Waals surface area contributed by atoms with Crippen molar-refractivity contribution in [1.29, 1.82) is 0 Å². The van der Waals surface area contributed by atoms with Crippen LogP contribution >= 0.6 is 11.6 Å². The highest BCUT2D eigenvalue weighted by atomic mass is 35.5. The summed E-state index contributed by atoms with van der Waals surface area (Å²) in [6.45, 7) is 6.01. The van der Waals surface area contributed by atoms with E-state index in [1.54, 1.807) is 0 Å². The summed E-state index contributed by atoms with van der Waals surface area (Å²) in [5.41, 5.74) is 2.72. The third-order valence-corrected chi connectivity index (χ3v) is 2.88. The van der Waals surface area contributed by atoms with Gasteiger partial charge in [-0.25, -0.2) is 0 Å². The normalized spacial score (nSPS) is 12.9. The predicted molar refractivity (Wildman–Crippen MR) is 61.5 cm³/mol. The van der Waals surface area contributed by atoms with Crippen LogP contribution in [-0.2, 0) is 4.79 Å². The molecule has 0 aliphatic heterocycles. The first-order chi connectivity index (χ1) is 6.93. The minimum atomic E-state index is -0.999. The Hall–Kier alpha value is -1.02. The van der Waals surface area contributed by atoms with E-state index < -0.39 is 11.3 Å². The quantitative estimate of drug-likeness (QED) is 0.802. The van der Waals surface area contributed by atoms with Crippen LogP contribution in [0.2, 0.25) is 0 Å². The van der Waals surface area contributed by atoms with Gasteiger partial charge in [0.05, 0.1) is 0 Å². The molecule has 1 atom stereocenters. The summed E-state index contributed by atoms with van der Waals surface area (Å²) in [6.07, 6.45) is 0. The maximum Gasteiger partial charge on any atom is 0.326 e. The second-order valence-electron chi connectivity index (χ2n) is 3.97. The van der Waals surface area contributed by atoms with Crippen molar-refractivity contribution in [3.8, 4) is 0 Å². The van der Waals surface area contributed by atoms with E-state index in [2.05, 4.69) is 13.8 Å². The van der Waals surface area contributed by atoms with Crippen molar-refractivity contribution in [3.63, 3.8) is 0 Å². The zero-order valence-corrected chi connectivity index (χ0v) is 9.88. The highest BCUT2D eigenvalue weighted by molar-refractivity contribution is 6.29. The molecule has 1 aromatic carbocycles. The molecule has 2 nitrogen and oxygen atoms in total. The molecule has 0 spiro atoms. The van der Waals surface area contributed by atoms with E-state index in [0.29, 0.717) is 11.5 Å². The van der Waals surface area contributed by atoms with Crippen molar-refractivity contribution in [3.05, 3.63) is 34.9 Å². The van der Waals surface area contributed by atoms with Gasteiger partial charge in [0, 0.05) is 0 Å². The number of aryl methyl sites for hydroxylation is 1. The summed E-state index contributed by atoms with van der Waals surface area (Å²) in [6, 6.07) is 5.81. The van der Waals surface area contributed by atoms with Crippen LogP contribution in [0.3, 0.4) is 0 Å². The van der Waals surface area contributed by atoms with Gasteiger partial charge in [-0.05, 0) is 29.5 Å². The monoisotopic (exact) mass is 226 g/mol. The lowest BCUT2D eigenvalue weighted by molar-refractivity contribution is -0.136. The fourth-order valence-electron chi connectivity index (χ4n) is 1.42. The van der Waals surface area contributed by atoms with Crippen molar-refractivity contribution in [2.75, 3.05) is 0 Å². The fraction of sp³-hybridized carbons (Fsp3) is 0.417. The molecule has 1 rings (SSSR count). The number of carboxylic acids is 1. The Morgan fingerprint density at radius 1 is 1.40 bits per heavy atom. The lowest BCUT2D eigenvalue weighted by atomic mass is 9.96. The second-order valence-corrected chi connectivity index (χ2v) is 4.41. The van der Waals surface area contributed by atoms with E-state index in [1.807, 2.05) is 25.1 Å². The summed E-state index contributed by atoms with van der Waals surface area (Å²) in [7, 11) is 0. The molecule has 0 aromatic heterocycles. The van der Waals surface area contributed by atoms with Crippen LogP contribution in [0.5, 0.6) is 0 Å². The standard InChI is InChI=1S/C12H15ClO2/c1-7(2)9-5-4-8(3)10(6-9)11(13)12(14)15/h4-7,11H,1-3H3,(H,14,15). The number of rotatable bonds is 3. The maximum atomic E-state index is 10.8. The number of hydrogen-bond acceptors (Lipinski definition) is 1. The SMILES string of the molecule is Cc1ccc(C(C)C)cc1C(Cl)C(=O)O. The number of aliphatic carboxylic acids is 1. The highest BCUT2D eigenvalue weighted by Crippen LogP contribution is 2.27. The molecule has 0 heterocycles. The largest absolute Gasteiger partial charge is 0.480 e. The molecular weight excluding hydrogens is 212 g/mol. The molecule has 0 aliphatic rings. The summed E-state index contributed by atoms with van der Waals surface area (Å²) in [4.78, 5) is 10.8. The van der Waals surface area contributed by atoms with E-state index in [0.717, 1.165) is 11.1 Å². The van der Waals surface area contributed by atoms with Gasteiger partial charge in [0.1, 0.15) is 0 Å². The van der Waals surface area contributed by atoms with Crippen LogP contribution in [0, 0.1) is 6.92 Å². The van der Waals surface area contributed by atoms with Crippen LogP contribution in [0.15, 0.2) is 18.2 Å². The Balaban J connectivity index is 3.16. The Kier molecular flexibility index (Phi) is 3.75. The highest BCUT2D eigenvalue weighted by Gasteiger charge is 2.19. The van der Waals surface area contributed by atoms with E-state index in [4.69, 9.17) is 16.7 Å². The lowest BCUT2D eigenvalue weighted by Crippen LogP contribution is -2.07. The molecule has 0 saturated carbocycles. The first-order valence-electron chi connectivity index (χ1n) is 4.90. The molecular formula is C12H15ClO2. The van der Waals surface area contributed by atoms with Crippen molar-refractivity contribution in [2.24, 2.45) is 0 Å². The van der Waals surface area contributed by atoms with E-state index >= 15 is 0 Å². The molecule has 0 bridgehead atoms. The van der Waals surface area contributed by atoms with E-state index in [1.165, 1.54) is 0 Å². The third kappa shape index (κ3) is 2.72. The average Bonchev–Trinajstić information content (AvgIpc) is 2.16. The molecule has 0 amide bonds. The molecule has 0 saturated heterocycles. The van der Waals surface area contributed by atoms with Gasteiger partial charge in [0.25, 0.3) is 0 Å². The molecule has 0 aliphatic carbocycles. The van der Waals surface area contributed by atoms with Crippen LogP contribution in [0.1, 0.15) is 41.8 Å². The summed E-state index contributed by atoms with van der Waals surface area (Å²) < 4.78 is 0. The number of carbonyl (C=O) groups is 1. The van der Waals surface area contributed by atoms with Gasteiger partial charge < -0.3 is 5.11 Å². The Morgan fingerprint density at radius 3 is 2.47 bits per heavy atom. The van der Waals surface area contributed by atoms with Gasteiger partial charge in [-0.1, -0.05) is 32.0 Å². The molecule has 82 valence electrons. The fourth-order valence-corrected chi connectivity index (χ4v) is 1.66. The Morgan fingerprint density at radius 2 is 2.00 bits per heavy atom. The average molecular weight is 227 g/mol. The van der Waals surface area contributed by atoms with Gasteiger partial charge in [-0.15, -0.1) is 11.6 Å². The smallest absolute Gasteiger partial charge is 0.326 e. The molecule has 1 N–H and O–H groups in total. The van der Waals surface area contributed by atoms with Crippen LogP contribution in [-0.4, -0.2) is 11.1 Å². The minimum Gasteiger partial charge on any atom is -0.480 e. The molecule has 1 unspecified atom stereocenters. The van der Waals surface area contributed by atoms with Gasteiger partial charge >= 0.3 is 5.97 Å². The van der Waals surface area contributed by atoms with Crippen molar-refractivity contribution >= 4 is 17.6 Å². The van der Waals surface area contributed by atoms with Gasteiger partial charge in [0.2, 0.25) is 0 Å². The number of alkyl halides is 1. The van der Waals surface area contributed by atoms with Crippen LogP contribution < -0.4 is 0 Å². The van der Waals surface area contributed by atoms with Crippen LogP contribution in [0.25, 0.3) is 0 Å². The van der Waals surface area contributed by atoms with Crippen molar-refractivity contribution in [1.82, 2.24) is 0 Å². The number of benzene rings is 1. The molecule has 0 radical (unpaired) electrons. The lowest BCUT2D eigenvalue weighted by Gasteiger charge is -2.12. The summed E-state index contributed by atoms with van der Waals surface area (Å²) >= 11 is 5.82. The van der Waals surface area contributed by atoms with Crippen molar-refractivity contribution < 1.29 is 9.90 Å². The van der Waals surface area contributed by atoms with Crippen molar-refractivity contribution in [2.45, 2.75) is 32.1 Å². The predicted octanol–water partition coefficient (Wildman–Crippen LogP) is 3.48. The third-order valence-electron chi connectivity index (χ3n) is 2.46. The number of hydrogen-bond donors (Lipinski definition) is 1.